The van der Waals surface area contributed by atoms with Crippen molar-refractivity contribution in [3.05, 3.63) is 93.1 Å². The van der Waals surface area contributed by atoms with Crippen LogP contribution in [0, 0.1) is 11.3 Å². The van der Waals surface area contributed by atoms with Crippen LogP contribution in [0.5, 0.6) is 23.0 Å². The van der Waals surface area contributed by atoms with Crippen LogP contribution in [0.15, 0.2) is 71.0 Å². The molecule has 2 amide bonds. The number of aliphatic hydroxyl groups is 1. The maximum Gasteiger partial charge on any atom is 0.337 e. The number of nitriles is 1. The van der Waals surface area contributed by atoms with Gasteiger partial charge in [-0.05, 0) is 62.2 Å². The third-order valence-electron chi connectivity index (χ3n) is 6.95. The van der Waals surface area contributed by atoms with Gasteiger partial charge in [0.05, 0.1) is 54.8 Å². The lowest BCUT2D eigenvalue weighted by atomic mass is 9.95. The molecule has 1 heterocycles. The summed E-state index contributed by atoms with van der Waals surface area (Å²) in [4.78, 5) is 24.7. The predicted molar refractivity (Wildman–Crippen MR) is 177 cm³/mol. The minimum absolute atomic E-state index is 0.123. The summed E-state index contributed by atoms with van der Waals surface area (Å²) in [6.07, 6.45) is 0.245. The summed E-state index contributed by atoms with van der Waals surface area (Å²) in [6.45, 7) is 5.84. The van der Waals surface area contributed by atoms with Gasteiger partial charge >= 0.3 is 12.0 Å². The number of ether oxygens (including phenoxy) is 5. The fraction of sp³-hybridized carbons (Fsp3) is 0.294. The van der Waals surface area contributed by atoms with Crippen LogP contribution in [-0.4, -0.2) is 56.5 Å². The van der Waals surface area contributed by atoms with E-state index in [0.717, 1.165) is 0 Å². The Morgan fingerprint density at radius 1 is 1.08 bits per heavy atom. The van der Waals surface area contributed by atoms with Crippen molar-refractivity contribution in [1.82, 2.24) is 16.1 Å². The maximum absolute atomic E-state index is 12.5. The Balaban J connectivity index is 1.41. The lowest BCUT2D eigenvalue weighted by molar-refractivity contribution is -0.136. The molecule has 48 heavy (non-hydrogen) atoms. The largest absolute Gasteiger partial charge is 0.490 e. The Morgan fingerprint density at radius 3 is 2.56 bits per heavy atom. The van der Waals surface area contributed by atoms with Gasteiger partial charge in [0.1, 0.15) is 13.2 Å². The Hall–Kier alpha value is -5.45. The normalized spacial score (nSPS) is 14.8. The minimum atomic E-state index is -1.21. The topological polar surface area (TPSA) is 173 Å². The van der Waals surface area contributed by atoms with Crippen molar-refractivity contribution in [1.29, 1.82) is 5.26 Å². The fourth-order valence-corrected chi connectivity index (χ4v) is 5.06. The van der Waals surface area contributed by atoms with E-state index in [4.69, 9.17) is 35.3 Å². The summed E-state index contributed by atoms with van der Waals surface area (Å²) in [7, 11) is 1.27. The molecule has 13 nitrogen and oxygen atoms in total. The van der Waals surface area contributed by atoms with Crippen molar-refractivity contribution in [2.75, 3.05) is 26.9 Å². The highest BCUT2D eigenvalue weighted by Gasteiger charge is 2.32. The van der Waals surface area contributed by atoms with Gasteiger partial charge < -0.3 is 39.4 Å². The molecule has 2 atom stereocenters. The first-order valence-electron chi connectivity index (χ1n) is 15.0. The van der Waals surface area contributed by atoms with E-state index in [1.807, 2.05) is 13.0 Å². The van der Waals surface area contributed by atoms with Gasteiger partial charge in [0.25, 0.3) is 0 Å². The number of hydrogen-bond donors (Lipinski definition) is 4. The van der Waals surface area contributed by atoms with Crippen molar-refractivity contribution in [3.63, 3.8) is 0 Å². The number of carbonyl (C=O) groups is 2. The minimum Gasteiger partial charge on any atom is -0.490 e. The number of hydrogen-bond acceptors (Lipinski definition) is 11. The van der Waals surface area contributed by atoms with Crippen LogP contribution in [0.3, 0.4) is 0 Å². The molecule has 0 unspecified atom stereocenters. The number of aliphatic hydroxyl groups excluding tert-OH is 1. The zero-order valence-corrected chi connectivity index (χ0v) is 27.6. The standard InChI is InChI=1S/C34H36ClN5O8/c1-5-45-27-15-22(31-30(33(42)44-4)20(3)38-34(43)39-31)11-12-26(27)47-19-29(41)40-37-17-21-13-25(35)32(28(14-21)46-6-2)48-18-24-10-8-7-9-23(24)16-36/h7-15,17,29,31,40-41H,5-6,18-19H2,1-4H3,(H2,38,39,43)/b37-17-/t29-,31-/m0/s1. The van der Waals surface area contributed by atoms with Crippen molar-refractivity contribution in [2.24, 2.45) is 5.10 Å². The molecule has 0 fully saturated rings. The van der Waals surface area contributed by atoms with E-state index in [1.165, 1.54) is 13.3 Å². The first kappa shape index (κ1) is 35.4. The Kier molecular flexibility index (Phi) is 12.5. The highest BCUT2D eigenvalue weighted by molar-refractivity contribution is 6.32. The van der Waals surface area contributed by atoms with Gasteiger partial charge in [0.2, 0.25) is 0 Å². The maximum atomic E-state index is 12.5. The van der Waals surface area contributed by atoms with Gasteiger partial charge in [-0.25, -0.2) is 9.59 Å². The summed E-state index contributed by atoms with van der Waals surface area (Å²) in [5, 5.41) is 29.6. The van der Waals surface area contributed by atoms with Crippen LogP contribution in [0.1, 0.15) is 49.1 Å². The molecule has 3 aromatic rings. The molecule has 0 spiro atoms. The summed E-state index contributed by atoms with van der Waals surface area (Å²) in [5.74, 6) is 0.807. The quantitative estimate of drug-likeness (QED) is 0.0764. The van der Waals surface area contributed by atoms with Gasteiger partial charge in [-0.3, -0.25) is 5.43 Å². The van der Waals surface area contributed by atoms with Crippen molar-refractivity contribution in [2.45, 2.75) is 39.6 Å². The molecule has 0 saturated carbocycles. The average molecular weight is 678 g/mol. The van der Waals surface area contributed by atoms with Gasteiger partial charge in [-0.15, -0.1) is 0 Å². The monoisotopic (exact) mass is 677 g/mol. The number of rotatable bonds is 15. The van der Waals surface area contributed by atoms with E-state index in [2.05, 4.69) is 27.2 Å². The molecule has 1 aliphatic rings. The van der Waals surface area contributed by atoms with Crippen LogP contribution < -0.4 is 35.0 Å². The molecule has 0 aromatic heterocycles. The average Bonchev–Trinajstić information content (AvgIpc) is 3.07. The van der Waals surface area contributed by atoms with Gasteiger partial charge in [0.15, 0.2) is 29.2 Å². The smallest absolute Gasteiger partial charge is 0.337 e. The lowest BCUT2D eigenvalue weighted by Gasteiger charge is -2.28. The first-order chi connectivity index (χ1) is 23.2. The lowest BCUT2D eigenvalue weighted by Crippen LogP contribution is -2.45. The fourth-order valence-electron chi connectivity index (χ4n) is 4.79. The van der Waals surface area contributed by atoms with Crippen LogP contribution in [0.2, 0.25) is 5.02 Å². The summed E-state index contributed by atoms with van der Waals surface area (Å²) in [5.41, 5.74) is 5.58. The molecule has 3 aromatic carbocycles. The molecule has 0 aliphatic carbocycles. The highest BCUT2D eigenvalue weighted by Crippen LogP contribution is 2.37. The summed E-state index contributed by atoms with van der Waals surface area (Å²) < 4.78 is 28.2. The molecule has 0 bridgehead atoms. The van der Waals surface area contributed by atoms with Crippen molar-refractivity contribution in [3.8, 4) is 29.1 Å². The van der Waals surface area contributed by atoms with Gasteiger partial charge in [0, 0.05) is 11.3 Å². The summed E-state index contributed by atoms with van der Waals surface area (Å²) >= 11 is 6.53. The molecule has 4 N–H and O–H groups in total. The number of hydrazone groups is 1. The second-order valence-corrected chi connectivity index (χ2v) is 10.6. The molecular formula is C34H36ClN5O8. The van der Waals surface area contributed by atoms with Crippen LogP contribution >= 0.6 is 11.6 Å². The number of allylic oxidation sites excluding steroid dienone is 1. The van der Waals surface area contributed by atoms with E-state index < -0.39 is 24.3 Å². The first-order valence-corrected chi connectivity index (χ1v) is 15.4. The van der Waals surface area contributed by atoms with Gasteiger partial charge in [-0.2, -0.15) is 10.4 Å². The van der Waals surface area contributed by atoms with Crippen LogP contribution in [0.4, 0.5) is 4.79 Å². The Morgan fingerprint density at radius 2 is 1.83 bits per heavy atom. The van der Waals surface area contributed by atoms with Crippen molar-refractivity contribution >= 4 is 29.8 Å². The number of esters is 1. The third kappa shape index (κ3) is 8.87. The Bertz CT molecular complexity index is 1740. The number of benzene rings is 3. The second kappa shape index (κ2) is 16.9. The molecular weight excluding hydrogens is 642 g/mol. The molecule has 0 saturated heterocycles. The number of carbonyl (C=O) groups excluding carboxylic acids is 2. The van der Waals surface area contributed by atoms with Crippen LogP contribution in [-0.2, 0) is 16.1 Å². The zero-order chi connectivity index (χ0) is 34.6. The Labute approximate surface area is 283 Å². The number of methoxy groups -OCH3 is 1. The molecule has 14 heteroatoms. The van der Waals surface area contributed by atoms with E-state index >= 15 is 0 Å². The predicted octanol–water partition coefficient (Wildman–Crippen LogP) is 4.71. The van der Waals surface area contributed by atoms with E-state index in [9.17, 15) is 20.0 Å². The third-order valence-corrected chi connectivity index (χ3v) is 7.23. The molecule has 1 aliphatic heterocycles. The number of urea groups is 1. The molecule has 4 rings (SSSR count). The van der Waals surface area contributed by atoms with E-state index in [-0.39, 0.29) is 23.8 Å². The van der Waals surface area contributed by atoms with Crippen molar-refractivity contribution < 1.29 is 38.4 Å². The van der Waals surface area contributed by atoms with Gasteiger partial charge in [-0.1, -0.05) is 35.9 Å². The summed E-state index contributed by atoms with van der Waals surface area (Å²) in [6, 6.07) is 16.3. The highest BCUT2D eigenvalue weighted by atomic mass is 35.5. The van der Waals surface area contributed by atoms with Crippen LogP contribution in [0.25, 0.3) is 0 Å². The molecule has 252 valence electrons. The zero-order valence-electron chi connectivity index (χ0n) is 26.8. The number of halogens is 1. The number of amides is 2. The SMILES string of the molecule is CCOc1cc([C@@H]2NC(=O)NC(C)=C2C(=O)OC)ccc1OC[C@H](O)N/N=C\c1cc(Cl)c(OCc2ccccc2C#N)c(OCC)c1. The number of nitrogens with zero attached hydrogens (tertiary/aromatic N) is 2. The van der Waals surface area contributed by atoms with E-state index in [0.29, 0.717) is 64.2 Å². The van der Waals surface area contributed by atoms with E-state index in [1.54, 1.807) is 62.4 Å². The second-order valence-electron chi connectivity index (χ2n) is 10.2. The number of nitrogens with one attached hydrogen (secondary N) is 3. The molecule has 0 radical (unpaired) electrons.